The summed E-state index contributed by atoms with van der Waals surface area (Å²) in [6, 6.07) is 14.7. The number of nitrogens with one attached hydrogen (secondary N) is 1. The minimum absolute atomic E-state index is 0.000213. The third-order valence-electron chi connectivity index (χ3n) is 5.34. The Morgan fingerprint density at radius 3 is 2.36 bits per heavy atom. The number of rotatable bonds is 6. The molecule has 0 saturated carbocycles. The highest BCUT2D eigenvalue weighted by Crippen LogP contribution is 2.22. The maximum atomic E-state index is 12.4. The van der Waals surface area contributed by atoms with Crippen molar-refractivity contribution >= 4 is 6.03 Å². The van der Waals surface area contributed by atoms with Crippen LogP contribution in [-0.2, 0) is 6.54 Å². The van der Waals surface area contributed by atoms with Gasteiger partial charge < -0.3 is 15.0 Å². The minimum atomic E-state index is -0.000213. The Hall–Kier alpha value is -2.53. The Morgan fingerprint density at radius 2 is 1.64 bits per heavy atom. The fourth-order valence-electron chi connectivity index (χ4n) is 3.47. The van der Waals surface area contributed by atoms with E-state index in [1.54, 1.807) is 0 Å². The molecule has 5 nitrogen and oxygen atoms in total. The second-order valence-electron chi connectivity index (χ2n) is 7.53. The third kappa shape index (κ3) is 5.49. The van der Waals surface area contributed by atoms with E-state index in [4.69, 9.17) is 4.74 Å². The molecule has 1 heterocycles. The highest BCUT2D eigenvalue weighted by atomic mass is 16.5. The van der Waals surface area contributed by atoms with Gasteiger partial charge in [0.05, 0.1) is 6.54 Å². The molecule has 2 amide bonds. The number of aryl methyl sites for hydroxylation is 3. The number of hydrogen-bond acceptors (Lipinski definition) is 3. The number of amides is 2. The van der Waals surface area contributed by atoms with E-state index in [0.29, 0.717) is 13.2 Å². The van der Waals surface area contributed by atoms with Gasteiger partial charge in [0, 0.05) is 32.7 Å². The van der Waals surface area contributed by atoms with Gasteiger partial charge in [0.1, 0.15) is 12.4 Å². The number of ether oxygens (including phenoxy) is 1. The first-order chi connectivity index (χ1) is 13.5. The van der Waals surface area contributed by atoms with Crippen molar-refractivity contribution in [2.45, 2.75) is 27.3 Å². The molecule has 5 heteroatoms. The first-order valence-electron chi connectivity index (χ1n) is 10.0. The van der Waals surface area contributed by atoms with E-state index in [-0.39, 0.29) is 6.03 Å². The molecule has 2 aromatic rings. The molecule has 1 fully saturated rings. The largest absolute Gasteiger partial charge is 0.491 e. The van der Waals surface area contributed by atoms with Crippen molar-refractivity contribution in [3.05, 3.63) is 64.7 Å². The molecule has 150 valence electrons. The molecule has 0 unspecified atom stereocenters. The molecule has 28 heavy (non-hydrogen) atoms. The first kappa shape index (κ1) is 20.2. The van der Waals surface area contributed by atoms with Crippen molar-refractivity contribution < 1.29 is 9.53 Å². The summed E-state index contributed by atoms with van der Waals surface area (Å²) in [6.45, 7) is 11.5. The van der Waals surface area contributed by atoms with E-state index in [9.17, 15) is 4.79 Å². The van der Waals surface area contributed by atoms with Crippen molar-refractivity contribution in [1.82, 2.24) is 15.1 Å². The predicted octanol–water partition coefficient (Wildman–Crippen LogP) is 3.52. The van der Waals surface area contributed by atoms with Gasteiger partial charge in [-0.2, -0.15) is 0 Å². The van der Waals surface area contributed by atoms with Crippen LogP contribution in [0.2, 0.25) is 0 Å². The van der Waals surface area contributed by atoms with E-state index in [0.717, 1.165) is 44.0 Å². The van der Waals surface area contributed by atoms with E-state index in [1.165, 1.54) is 16.7 Å². The molecule has 3 rings (SSSR count). The molecule has 0 radical (unpaired) electrons. The Balaban J connectivity index is 1.36. The SMILES string of the molecule is Cc1cc(C)c(OCCNC(=O)N2CCN(Cc3ccccc3)CC2)cc1C. The molecule has 0 bridgehead atoms. The fraction of sp³-hybridized carbons (Fsp3) is 0.435. The van der Waals surface area contributed by atoms with Crippen LogP contribution in [0.5, 0.6) is 5.75 Å². The number of carbonyl (C=O) groups is 1. The van der Waals surface area contributed by atoms with Gasteiger partial charge in [-0.05, 0) is 49.1 Å². The van der Waals surface area contributed by atoms with Gasteiger partial charge in [-0.3, -0.25) is 4.90 Å². The number of benzene rings is 2. The molecule has 0 atom stereocenters. The highest BCUT2D eigenvalue weighted by molar-refractivity contribution is 5.74. The summed E-state index contributed by atoms with van der Waals surface area (Å²) >= 11 is 0. The molecule has 0 spiro atoms. The smallest absolute Gasteiger partial charge is 0.317 e. The average molecular weight is 382 g/mol. The van der Waals surface area contributed by atoms with Gasteiger partial charge in [0.15, 0.2) is 0 Å². The molecular weight excluding hydrogens is 350 g/mol. The van der Waals surface area contributed by atoms with Gasteiger partial charge >= 0.3 is 6.03 Å². The normalized spacial score (nSPS) is 14.8. The van der Waals surface area contributed by atoms with Crippen LogP contribution in [0.4, 0.5) is 4.79 Å². The number of piperazine rings is 1. The van der Waals surface area contributed by atoms with E-state index in [2.05, 4.69) is 67.4 Å². The third-order valence-corrected chi connectivity index (χ3v) is 5.34. The Morgan fingerprint density at radius 1 is 0.964 bits per heavy atom. The monoisotopic (exact) mass is 381 g/mol. The van der Waals surface area contributed by atoms with Gasteiger partial charge in [-0.1, -0.05) is 36.4 Å². The van der Waals surface area contributed by atoms with Crippen molar-refractivity contribution in [3.8, 4) is 5.75 Å². The first-order valence-corrected chi connectivity index (χ1v) is 10.0. The maximum absolute atomic E-state index is 12.4. The van der Waals surface area contributed by atoms with Gasteiger partial charge in [-0.25, -0.2) is 4.79 Å². The Kier molecular flexibility index (Phi) is 6.93. The van der Waals surface area contributed by atoms with E-state index >= 15 is 0 Å². The topological polar surface area (TPSA) is 44.8 Å². The highest BCUT2D eigenvalue weighted by Gasteiger charge is 2.20. The number of urea groups is 1. The lowest BCUT2D eigenvalue weighted by Crippen LogP contribution is -2.51. The number of hydrogen-bond donors (Lipinski definition) is 1. The van der Waals surface area contributed by atoms with Crippen LogP contribution in [0, 0.1) is 20.8 Å². The molecule has 0 aromatic heterocycles. The average Bonchev–Trinajstić information content (AvgIpc) is 2.70. The maximum Gasteiger partial charge on any atom is 0.317 e. The number of nitrogens with zero attached hydrogens (tertiary/aromatic N) is 2. The summed E-state index contributed by atoms with van der Waals surface area (Å²) in [7, 11) is 0. The Bertz CT molecular complexity index is 784. The zero-order chi connectivity index (χ0) is 19.9. The van der Waals surface area contributed by atoms with Crippen LogP contribution in [-0.4, -0.2) is 55.2 Å². The molecule has 1 aliphatic rings. The second kappa shape index (κ2) is 9.60. The summed E-state index contributed by atoms with van der Waals surface area (Å²) in [4.78, 5) is 16.7. The van der Waals surface area contributed by atoms with Crippen LogP contribution >= 0.6 is 0 Å². The van der Waals surface area contributed by atoms with Crippen LogP contribution in [0.15, 0.2) is 42.5 Å². The summed E-state index contributed by atoms with van der Waals surface area (Å²) in [5.41, 5.74) is 4.94. The van der Waals surface area contributed by atoms with Crippen LogP contribution in [0.25, 0.3) is 0 Å². The van der Waals surface area contributed by atoms with Gasteiger partial charge in [-0.15, -0.1) is 0 Å². The molecule has 1 aliphatic heterocycles. The van der Waals surface area contributed by atoms with E-state index in [1.807, 2.05) is 11.0 Å². The lowest BCUT2D eigenvalue weighted by Gasteiger charge is -2.34. The summed E-state index contributed by atoms with van der Waals surface area (Å²) in [5.74, 6) is 0.895. The van der Waals surface area contributed by atoms with Crippen LogP contribution in [0.3, 0.4) is 0 Å². The van der Waals surface area contributed by atoms with Crippen molar-refractivity contribution in [2.75, 3.05) is 39.3 Å². The molecule has 2 aromatic carbocycles. The summed E-state index contributed by atoms with van der Waals surface area (Å²) < 4.78 is 5.85. The quantitative estimate of drug-likeness (QED) is 0.779. The lowest BCUT2D eigenvalue weighted by atomic mass is 10.1. The van der Waals surface area contributed by atoms with Crippen LogP contribution in [0.1, 0.15) is 22.3 Å². The Labute approximate surface area is 168 Å². The van der Waals surface area contributed by atoms with Crippen molar-refractivity contribution in [3.63, 3.8) is 0 Å². The van der Waals surface area contributed by atoms with Gasteiger partial charge in [0.2, 0.25) is 0 Å². The fourth-order valence-corrected chi connectivity index (χ4v) is 3.47. The minimum Gasteiger partial charge on any atom is -0.491 e. The lowest BCUT2D eigenvalue weighted by molar-refractivity contribution is 0.134. The van der Waals surface area contributed by atoms with Crippen molar-refractivity contribution in [2.24, 2.45) is 0 Å². The zero-order valence-electron chi connectivity index (χ0n) is 17.2. The molecular formula is C23H31N3O2. The molecule has 0 aliphatic carbocycles. The van der Waals surface area contributed by atoms with Crippen LogP contribution < -0.4 is 10.1 Å². The van der Waals surface area contributed by atoms with Gasteiger partial charge in [0.25, 0.3) is 0 Å². The molecule has 1 N–H and O–H groups in total. The summed E-state index contributed by atoms with van der Waals surface area (Å²) in [5, 5.41) is 2.98. The predicted molar refractivity (Wildman–Crippen MR) is 113 cm³/mol. The summed E-state index contributed by atoms with van der Waals surface area (Å²) in [6.07, 6.45) is 0. The second-order valence-corrected chi connectivity index (χ2v) is 7.53. The molecule has 1 saturated heterocycles. The van der Waals surface area contributed by atoms with Crippen molar-refractivity contribution in [1.29, 1.82) is 0 Å². The zero-order valence-corrected chi connectivity index (χ0v) is 17.2. The van der Waals surface area contributed by atoms with E-state index < -0.39 is 0 Å². The number of carbonyl (C=O) groups excluding carboxylic acids is 1. The standard InChI is InChI=1S/C23H31N3O2/c1-18-15-20(3)22(16-19(18)2)28-14-9-24-23(27)26-12-10-25(11-13-26)17-21-7-5-4-6-8-21/h4-8,15-16H,9-14,17H2,1-3H3,(H,24,27).